The van der Waals surface area contributed by atoms with E-state index in [1.54, 1.807) is 0 Å². The summed E-state index contributed by atoms with van der Waals surface area (Å²) < 4.78 is 0.558. The van der Waals surface area contributed by atoms with Gasteiger partial charge in [-0.05, 0) is 0 Å². The van der Waals surface area contributed by atoms with Crippen LogP contribution in [0.3, 0.4) is 0 Å². The van der Waals surface area contributed by atoms with Crippen molar-refractivity contribution in [3.05, 3.63) is 59.7 Å². The van der Waals surface area contributed by atoms with Crippen LogP contribution < -0.4 is 10.2 Å². The van der Waals surface area contributed by atoms with Crippen LogP contribution >= 0.6 is 0 Å². The second-order valence-electron chi connectivity index (χ2n) is 3.61. The van der Waals surface area contributed by atoms with Crippen molar-refractivity contribution in [3.63, 3.8) is 0 Å². The number of fused-ring (bicyclic) bond motifs is 3. The van der Waals surface area contributed by atoms with Crippen molar-refractivity contribution in [1.29, 1.82) is 0 Å². The fourth-order valence-electron chi connectivity index (χ4n) is 2.16. The molecule has 0 N–H and O–H groups in total. The van der Waals surface area contributed by atoms with Crippen LogP contribution in [-0.4, -0.2) is 14.2 Å². The standard InChI is InChI=1S/C13H9.2CH3O.Ti/c1-3-7-12-10(5-1)9-11-6-2-4-8-13(11)12;2*1-2;/h1-9H;2*1H3;/q;2*-1;+2. The molecule has 0 unspecified atom stereocenters. The van der Waals surface area contributed by atoms with E-state index < -0.39 is 0 Å². The van der Waals surface area contributed by atoms with Crippen LogP contribution in [0.2, 0.25) is 0 Å². The van der Waals surface area contributed by atoms with Gasteiger partial charge in [-0.3, -0.25) is 0 Å². The van der Waals surface area contributed by atoms with Gasteiger partial charge < -0.3 is 10.2 Å². The Labute approximate surface area is 120 Å². The van der Waals surface area contributed by atoms with E-state index in [2.05, 4.69) is 69.0 Å². The minimum absolute atomic E-state index is 0.558. The molecule has 0 aliphatic heterocycles. The monoisotopic (exact) mass is 275 g/mol. The van der Waals surface area contributed by atoms with Crippen molar-refractivity contribution in [2.75, 3.05) is 14.2 Å². The van der Waals surface area contributed by atoms with E-state index in [9.17, 15) is 0 Å². The van der Waals surface area contributed by atoms with Gasteiger partial charge in [-0.1, -0.05) is 0 Å². The van der Waals surface area contributed by atoms with E-state index in [1.807, 2.05) is 0 Å². The molecular formula is C15H15O2Ti. The predicted molar refractivity (Wildman–Crippen MR) is 65.6 cm³/mol. The third kappa shape index (κ3) is 2.73. The van der Waals surface area contributed by atoms with Gasteiger partial charge in [0, 0.05) is 0 Å². The molecule has 0 spiro atoms. The van der Waals surface area contributed by atoms with Crippen molar-refractivity contribution >= 4 is 0 Å². The maximum atomic E-state index is 8.25. The van der Waals surface area contributed by atoms with Crippen LogP contribution in [0.5, 0.6) is 0 Å². The molecule has 0 saturated carbocycles. The fourth-order valence-corrected chi connectivity index (χ4v) is 2.94. The molecule has 91 valence electrons. The van der Waals surface area contributed by atoms with E-state index in [0.29, 0.717) is 4.22 Å². The second-order valence-corrected chi connectivity index (χ2v) is 4.51. The molecule has 3 rings (SSSR count). The summed E-state index contributed by atoms with van der Waals surface area (Å²) in [5.41, 5.74) is 5.76. The molecular weight excluding hydrogens is 260 g/mol. The molecule has 0 heterocycles. The van der Waals surface area contributed by atoms with Crippen LogP contribution in [-0.2, 0) is 20.4 Å². The van der Waals surface area contributed by atoms with Crippen LogP contribution in [0, 0.1) is 0 Å². The van der Waals surface area contributed by atoms with Crippen molar-refractivity contribution in [2.24, 2.45) is 0 Å². The van der Waals surface area contributed by atoms with Gasteiger partial charge in [0.1, 0.15) is 0 Å². The molecule has 0 bridgehead atoms. The summed E-state index contributed by atoms with van der Waals surface area (Å²) in [5.74, 6) is 0. The Hall–Kier alpha value is -0.926. The molecule has 1 aliphatic carbocycles. The second kappa shape index (κ2) is 7.50. The van der Waals surface area contributed by atoms with E-state index in [4.69, 9.17) is 10.2 Å². The first-order valence-electron chi connectivity index (χ1n) is 5.59. The first-order valence-corrected chi connectivity index (χ1v) is 6.49. The summed E-state index contributed by atoms with van der Waals surface area (Å²) in [4.78, 5) is 0. The molecule has 0 amide bonds. The minimum atomic E-state index is 0.558. The Bertz CT molecular complexity index is 452. The third-order valence-electron chi connectivity index (χ3n) is 2.83. The molecule has 2 aromatic carbocycles. The predicted octanol–water partition coefficient (Wildman–Crippen LogP) is 1.26. The molecule has 18 heavy (non-hydrogen) atoms. The molecule has 1 aliphatic rings. The Kier molecular flexibility index (Phi) is 6.30. The summed E-state index contributed by atoms with van der Waals surface area (Å²) in [7, 11) is 1.50. The van der Waals surface area contributed by atoms with Crippen molar-refractivity contribution < 1.29 is 30.6 Å². The summed E-state index contributed by atoms with van der Waals surface area (Å²) in [6.07, 6.45) is 0. The summed E-state index contributed by atoms with van der Waals surface area (Å²) in [6, 6.07) is 17.4. The molecule has 2 nitrogen and oxygen atoms in total. The number of rotatable bonds is 0. The van der Waals surface area contributed by atoms with Gasteiger partial charge in [-0.2, -0.15) is 14.2 Å². The van der Waals surface area contributed by atoms with Gasteiger partial charge in [0.25, 0.3) is 0 Å². The van der Waals surface area contributed by atoms with Crippen LogP contribution in [0.1, 0.15) is 15.3 Å². The van der Waals surface area contributed by atoms with Gasteiger partial charge in [0.05, 0.1) is 0 Å². The zero-order valence-corrected chi connectivity index (χ0v) is 12.1. The van der Waals surface area contributed by atoms with Gasteiger partial charge in [-0.25, -0.2) is 0 Å². The summed E-state index contributed by atoms with van der Waals surface area (Å²) in [5, 5.41) is 16.5. The molecule has 0 radical (unpaired) electrons. The Morgan fingerprint density at radius 3 is 1.44 bits per heavy atom. The summed E-state index contributed by atoms with van der Waals surface area (Å²) in [6.45, 7) is 0. The van der Waals surface area contributed by atoms with Crippen LogP contribution in [0.4, 0.5) is 0 Å². The SMILES string of the molecule is C[O-].C[O-].[Ti+2][CH]1c2ccccc2-c2ccccc21. The van der Waals surface area contributed by atoms with E-state index in [0.717, 1.165) is 14.2 Å². The topological polar surface area (TPSA) is 46.1 Å². The average Bonchev–Trinajstić information content (AvgIpc) is 2.78. The molecule has 0 atom stereocenters. The van der Waals surface area contributed by atoms with Crippen molar-refractivity contribution in [1.82, 2.24) is 0 Å². The van der Waals surface area contributed by atoms with Crippen molar-refractivity contribution in [3.8, 4) is 11.1 Å². The molecule has 0 fully saturated rings. The molecule has 0 saturated heterocycles. The molecule has 2 aromatic rings. The summed E-state index contributed by atoms with van der Waals surface area (Å²) >= 11 is 2.28. The molecule has 3 heteroatoms. The average molecular weight is 275 g/mol. The first-order chi connectivity index (χ1) is 8.88. The number of benzene rings is 2. The quantitative estimate of drug-likeness (QED) is 0.679. The van der Waals surface area contributed by atoms with E-state index >= 15 is 0 Å². The van der Waals surface area contributed by atoms with Crippen LogP contribution in [0.15, 0.2) is 48.5 Å². The Morgan fingerprint density at radius 2 is 1.06 bits per heavy atom. The Morgan fingerprint density at radius 1 is 0.722 bits per heavy atom. The zero-order valence-electron chi connectivity index (χ0n) is 10.5. The normalized spacial score (nSPS) is 11.4. The maximum absolute atomic E-state index is 8.25. The van der Waals surface area contributed by atoms with Gasteiger partial charge in [0.15, 0.2) is 0 Å². The number of hydrogen-bond acceptors (Lipinski definition) is 2. The van der Waals surface area contributed by atoms with Gasteiger partial charge in [0.2, 0.25) is 0 Å². The van der Waals surface area contributed by atoms with Gasteiger partial charge >= 0.3 is 95.4 Å². The number of hydrogen-bond donors (Lipinski definition) is 0. The Balaban J connectivity index is 0.000000371. The molecule has 0 aromatic heterocycles. The first kappa shape index (κ1) is 15.1. The van der Waals surface area contributed by atoms with E-state index in [-0.39, 0.29) is 0 Å². The van der Waals surface area contributed by atoms with Crippen molar-refractivity contribution in [2.45, 2.75) is 4.22 Å². The van der Waals surface area contributed by atoms with E-state index in [1.165, 1.54) is 22.3 Å². The fraction of sp³-hybridized carbons (Fsp3) is 0.200. The third-order valence-corrected chi connectivity index (χ3v) is 3.81. The van der Waals surface area contributed by atoms with Gasteiger partial charge in [-0.15, -0.1) is 0 Å². The van der Waals surface area contributed by atoms with Crippen LogP contribution in [0.25, 0.3) is 11.1 Å². The zero-order chi connectivity index (χ0) is 13.5.